The number of likely N-dealkylation sites (N-methyl/N-ethyl adjacent to an activating group) is 1. The maximum atomic E-state index is 14.4. The normalized spacial score (nSPS) is 14.9. The van der Waals surface area contributed by atoms with Crippen LogP contribution in [-0.2, 0) is 5.67 Å². The van der Waals surface area contributed by atoms with E-state index in [-0.39, 0.29) is 12.6 Å². The summed E-state index contributed by atoms with van der Waals surface area (Å²) in [6, 6.07) is 7.27. The summed E-state index contributed by atoms with van der Waals surface area (Å²) in [4.78, 5) is 0. The van der Waals surface area contributed by atoms with Crippen molar-refractivity contribution in [1.29, 1.82) is 0 Å². The molecule has 0 saturated carbocycles. The highest BCUT2D eigenvalue weighted by atomic mass is 19.1. The monoisotopic (exact) mass is 225 g/mol. The molecule has 3 heteroatoms. The fourth-order valence-corrected chi connectivity index (χ4v) is 1.68. The van der Waals surface area contributed by atoms with Gasteiger partial charge in [0.25, 0.3) is 0 Å². The average molecular weight is 225 g/mol. The van der Waals surface area contributed by atoms with Crippen LogP contribution < -0.4 is 10.1 Å². The van der Waals surface area contributed by atoms with Gasteiger partial charge in [-0.05, 0) is 33.9 Å². The minimum atomic E-state index is -1.42. The lowest BCUT2D eigenvalue weighted by Gasteiger charge is -2.24. The Morgan fingerprint density at radius 3 is 2.56 bits per heavy atom. The molecule has 0 aromatic heterocycles. The molecular formula is C13H20FNO. The standard InChI is InChI=1S/C13H20FNO/c1-10(2)16-12-8-6-5-7-11(12)13(3,14)9-15-4/h5-8,10,15H,9H2,1-4H3. The topological polar surface area (TPSA) is 21.3 Å². The van der Waals surface area contributed by atoms with Crippen molar-refractivity contribution in [3.63, 3.8) is 0 Å². The molecule has 0 heterocycles. The number of alkyl halides is 1. The van der Waals surface area contributed by atoms with E-state index in [1.54, 1.807) is 20.0 Å². The van der Waals surface area contributed by atoms with Gasteiger partial charge in [-0.1, -0.05) is 18.2 Å². The van der Waals surface area contributed by atoms with Crippen molar-refractivity contribution in [2.45, 2.75) is 32.5 Å². The lowest BCUT2D eigenvalue weighted by Crippen LogP contribution is -2.30. The molecular weight excluding hydrogens is 205 g/mol. The second-order valence-corrected chi connectivity index (χ2v) is 4.39. The van der Waals surface area contributed by atoms with Gasteiger partial charge in [-0.15, -0.1) is 0 Å². The van der Waals surface area contributed by atoms with Crippen molar-refractivity contribution < 1.29 is 9.13 Å². The quantitative estimate of drug-likeness (QED) is 0.832. The Kier molecular flexibility index (Phi) is 4.30. The minimum absolute atomic E-state index is 0.0477. The Balaban J connectivity index is 3.02. The number of nitrogens with one attached hydrogen (secondary N) is 1. The van der Waals surface area contributed by atoms with Crippen LogP contribution in [0.2, 0.25) is 0 Å². The van der Waals surface area contributed by atoms with Gasteiger partial charge in [0.15, 0.2) is 0 Å². The number of hydrogen-bond acceptors (Lipinski definition) is 2. The third-order valence-corrected chi connectivity index (χ3v) is 2.32. The van der Waals surface area contributed by atoms with Crippen LogP contribution in [-0.4, -0.2) is 19.7 Å². The van der Waals surface area contributed by atoms with E-state index in [9.17, 15) is 4.39 Å². The Bertz CT molecular complexity index is 336. The molecule has 1 N–H and O–H groups in total. The van der Waals surface area contributed by atoms with E-state index >= 15 is 0 Å². The van der Waals surface area contributed by atoms with E-state index in [1.165, 1.54) is 0 Å². The van der Waals surface area contributed by atoms with Gasteiger partial charge in [-0.2, -0.15) is 0 Å². The van der Waals surface area contributed by atoms with Gasteiger partial charge < -0.3 is 10.1 Å². The van der Waals surface area contributed by atoms with Crippen LogP contribution >= 0.6 is 0 Å². The predicted molar refractivity (Wildman–Crippen MR) is 64.6 cm³/mol. The van der Waals surface area contributed by atoms with E-state index in [0.29, 0.717) is 11.3 Å². The lowest BCUT2D eigenvalue weighted by atomic mass is 9.97. The number of rotatable bonds is 5. The van der Waals surface area contributed by atoms with Crippen molar-refractivity contribution in [3.05, 3.63) is 29.8 Å². The van der Waals surface area contributed by atoms with Gasteiger partial charge in [0.1, 0.15) is 11.4 Å². The molecule has 0 aliphatic carbocycles. The molecule has 0 radical (unpaired) electrons. The number of benzene rings is 1. The van der Waals surface area contributed by atoms with Crippen molar-refractivity contribution in [2.24, 2.45) is 0 Å². The molecule has 2 nitrogen and oxygen atoms in total. The van der Waals surface area contributed by atoms with Crippen LogP contribution in [0.3, 0.4) is 0 Å². The lowest BCUT2D eigenvalue weighted by molar-refractivity contribution is 0.172. The summed E-state index contributed by atoms with van der Waals surface area (Å²) in [6.45, 7) is 5.70. The summed E-state index contributed by atoms with van der Waals surface area (Å²) in [5, 5.41) is 2.86. The first-order valence-corrected chi connectivity index (χ1v) is 5.57. The van der Waals surface area contributed by atoms with Crippen LogP contribution in [0.5, 0.6) is 5.75 Å². The third kappa shape index (κ3) is 3.20. The molecule has 0 bridgehead atoms. The van der Waals surface area contributed by atoms with E-state index < -0.39 is 5.67 Å². The molecule has 0 aliphatic rings. The van der Waals surface area contributed by atoms with Crippen LogP contribution in [0.25, 0.3) is 0 Å². The third-order valence-electron chi connectivity index (χ3n) is 2.32. The van der Waals surface area contributed by atoms with Gasteiger partial charge in [0.05, 0.1) is 6.10 Å². The van der Waals surface area contributed by atoms with Gasteiger partial charge >= 0.3 is 0 Å². The molecule has 1 aromatic rings. The Labute approximate surface area is 96.8 Å². The van der Waals surface area contributed by atoms with Gasteiger partial charge in [0, 0.05) is 12.1 Å². The molecule has 0 fully saturated rings. The van der Waals surface area contributed by atoms with E-state index in [0.717, 1.165) is 0 Å². The maximum absolute atomic E-state index is 14.4. The Morgan fingerprint density at radius 2 is 2.00 bits per heavy atom. The zero-order valence-electron chi connectivity index (χ0n) is 10.4. The zero-order valence-corrected chi connectivity index (χ0v) is 10.4. The molecule has 0 spiro atoms. The molecule has 0 saturated heterocycles. The second kappa shape index (κ2) is 5.30. The fraction of sp³-hybridized carbons (Fsp3) is 0.538. The first kappa shape index (κ1) is 13.0. The minimum Gasteiger partial charge on any atom is -0.491 e. The first-order valence-electron chi connectivity index (χ1n) is 5.57. The van der Waals surface area contributed by atoms with Crippen molar-refractivity contribution in [1.82, 2.24) is 5.32 Å². The Morgan fingerprint density at radius 1 is 1.38 bits per heavy atom. The summed E-state index contributed by atoms with van der Waals surface area (Å²) in [5.41, 5.74) is -0.821. The number of hydrogen-bond donors (Lipinski definition) is 1. The van der Waals surface area contributed by atoms with Crippen LogP contribution in [0.4, 0.5) is 4.39 Å². The van der Waals surface area contributed by atoms with Crippen LogP contribution in [0, 0.1) is 0 Å². The van der Waals surface area contributed by atoms with Gasteiger partial charge in [-0.3, -0.25) is 0 Å². The SMILES string of the molecule is CNCC(C)(F)c1ccccc1OC(C)C. The number of ether oxygens (including phenoxy) is 1. The predicted octanol–water partition coefficient (Wildman–Crippen LogP) is 2.88. The summed E-state index contributed by atoms with van der Waals surface area (Å²) in [7, 11) is 1.74. The zero-order chi connectivity index (χ0) is 12.2. The van der Waals surface area contributed by atoms with Crippen molar-refractivity contribution in [3.8, 4) is 5.75 Å². The summed E-state index contributed by atoms with van der Waals surface area (Å²) < 4.78 is 20.0. The molecule has 0 amide bonds. The number of para-hydroxylation sites is 1. The first-order chi connectivity index (χ1) is 7.47. The van der Waals surface area contributed by atoms with Gasteiger partial charge in [-0.25, -0.2) is 4.39 Å². The molecule has 1 atom stereocenters. The van der Waals surface area contributed by atoms with Crippen molar-refractivity contribution in [2.75, 3.05) is 13.6 Å². The molecule has 16 heavy (non-hydrogen) atoms. The molecule has 1 rings (SSSR count). The van der Waals surface area contributed by atoms with Crippen LogP contribution in [0.15, 0.2) is 24.3 Å². The number of halogens is 1. The summed E-state index contributed by atoms with van der Waals surface area (Å²) >= 11 is 0. The van der Waals surface area contributed by atoms with E-state index in [2.05, 4.69) is 5.32 Å². The highest BCUT2D eigenvalue weighted by Crippen LogP contribution is 2.33. The van der Waals surface area contributed by atoms with E-state index in [1.807, 2.05) is 32.0 Å². The highest BCUT2D eigenvalue weighted by molar-refractivity contribution is 5.38. The molecule has 90 valence electrons. The maximum Gasteiger partial charge on any atom is 0.149 e. The van der Waals surface area contributed by atoms with Gasteiger partial charge in [0.2, 0.25) is 0 Å². The Hall–Kier alpha value is -1.09. The average Bonchev–Trinajstić information content (AvgIpc) is 2.17. The van der Waals surface area contributed by atoms with Crippen LogP contribution in [0.1, 0.15) is 26.3 Å². The molecule has 1 unspecified atom stereocenters. The summed E-state index contributed by atoms with van der Waals surface area (Å²) in [6.07, 6.45) is 0.0477. The smallest absolute Gasteiger partial charge is 0.149 e. The largest absolute Gasteiger partial charge is 0.491 e. The fourth-order valence-electron chi connectivity index (χ4n) is 1.68. The second-order valence-electron chi connectivity index (χ2n) is 4.39. The summed E-state index contributed by atoms with van der Waals surface area (Å²) in [5.74, 6) is 0.623. The van der Waals surface area contributed by atoms with E-state index in [4.69, 9.17) is 4.74 Å². The van der Waals surface area contributed by atoms with Crippen molar-refractivity contribution >= 4 is 0 Å². The molecule has 0 aliphatic heterocycles. The molecule has 1 aromatic carbocycles. The highest BCUT2D eigenvalue weighted by Gasteiger charge is 2.28.